The molecule has 0 fully saturated rings. The Bertz CT molecular complexity index is 860. The van der Waals surface area contributed by atoms with Crippen LogP contribution in [0.2, 0.25) is 0 Å². The number of carboxylic acid groups (broad SMARTS) is 1. The van der Waals surface area contributed by atoms with E-state index in [-0.39, 0.29) is 23.7 Å². The molecule has 0 spiro atoms. The highest BCUT2D eigenvalue weighted by molar-refractivity contribution is 5.82. The van der Waals surface area contributed by atoms with Gasteiger partial charge in [-0.1, -0.05) is 24.2 Å². The molecule has 9 nitrogen and oxygen atoms in total. The molecule has 0 unspecified atom stereocenters. The standard InChI is InChI=1S/C15H15FN6O3/c1-2-10(12-19-13(14(23)24)21-20-12)17-15-18-11(22-25-15)7-8-3-5-9(16)6-4-8/h3-6,10H,2,7H2,1H3,(H,23,24)(H,17,18,22)(H,19,20,21)/t10-/m0/s1. The lowest BCUT2D eigenvalue weighted by Crippen LogP contribution is -2.12. The van der Waals surface area contributed by atoms with Crippen LogP contribution >= 0.6 is 0 Å². The van der Waals surface area contributed by atoms with E-state index in [1.54, 1.807) is 12.1 Å². The lowest BCUT2D eigenvalue weighted by Gasteiger charge is -2.11. The molecule has 2 heterocycles. The quantitative estimate of drug-likeness (QED) is 0.593. The van der Waals surface area contributed by atoms with Gasteiger partial charge in [0.05, 0.1) is 6.04 Å². The third-order valence-corrected chi connectivity index (χ3v) is 3.47. The fourth-order valence-electron chi connectivity index (χ4n) is 2.21. The molecule has 25 heavy (non-hydrogen) atoms. The maximum absolute atomic E-state index is 12.9. The van der Waals surface area contributed by atoms with Crippen molar-refractivity contribution < 1.29 is 18.8 Å². The van der Waals surface area contributed by atoms with Crippen LogP contribution in [-0.4, -0.2) is 36.4 Å². The molecule has 3 N–H and O–H groups in total. The number of benzene rings is 1. The van der Waals surface area contributed by atoms with Crippen molar-refractivity contribution in [3.05, 3.63) is 53.1 Å². The molecule has 130 valence electrons. The zero-order valence-electron chi connectivity index (χ0n) is 13.2. The van der Waals surface area contributed by atoms with E-state index in [4.69, 9.17) is 9.63 Å². The molecule has 1 atom stereocenters. The van der Waals surface area contributed by atoms with Crippen LogP contribution in [0.4, 0.5) is 10.4 Å². The lowest BCUT2D eigenvalue weighted by atomic mass is 10.1. The van der Waals surface area contributed by atoms with Gasteiger partial charge in [0.1, 0.15) is 11.6 Å². The molecule has 0 aliphatic heterocycles. The summed E-state index contributed by atoms with van der Waals surface area (Å²) in [5.41, 5.74) is 0.849. The molecule has 0 saturated carbocycles. The van der Waals surface area contributed by atoms with Gasteiger partial charge in [0.25, 0.3) is 5.82 Å². The van der Waals surface area contributed by atoms with Gasteiger partial charge < -0.3 is 14.9 Å². The van der Waals surface area contributed by atoms with E-state index in [1.165, 1.54) is 12.1 Å². The summed E-state index contributed by atoms with van der Waals surface area (Å²) in [4.78, 5) is 19.0. The van der Waals surface area contributed by atoms with E-state index >= 15 is 0 Å². The number of aromatic amines is 1. The number of rotatable bonds is 7. The molecule has 0 amide bonds. The summed E-state index contributed by atoms with van der Waals surface area (Å²) in [6.45, 7) is 1.89. The maximum Gasteiger partial charge on any atom is 0.375 e. The first-order valence-corrected chi connectivity index (χ1v) is 7.54. The molecule has 3 aromatic rings. The average Bonchev–Trinajstić information content (AvgIpc) is 3.24. The summed E-state index contributed by atoms with van der Waals surface area (Å²) < 4.78 is 18.1. The summed E-state index contributed by atoms with van der Waals surface area (Å²) in [7, 11) is 0. The summed E-state index contributed by atoms with van der Waals surface area (Å²) in [5.74, 6) is -1.03. The molecule has 0 aliphatic rings. The first kappa shape index (κ1) is 16.6. The number of nitrogens with one attached hydrogen (secondary N) is 2. The largest absolute Gasteiger partial charge is 0.475 e. The topological polar surface area (TPSA) is 130 Å². The summed E-state index contributed by atoms with van der Waals surface area (Å²) in [6.07, 6.45) is 0.984. The van der Waals surface area contributed by atoms with Crippen LogP contribution in [0.1, 0.15) is 47.2 Å². The highest BCUT2D eigenvalue weighted by Gasteiger charge is 2.19. The van der Waals surface area contributed by atoms with Crippen molar-refractivity contribution in [2.75, 3.05) is 5.32 Å². The third kappa shape index (κ3) is 3.97. The molecule has 10 heteroatoms. The fraction of sp³-hybridized carbons (Fsp3) is 0.267. The monoisotopic (exact) mass is 346 g/mol. The van der Waals surface area contributed by atoms with Gasteiger partial charge in [-0.25, -0.2) is 14.2 Å². The van der Waals surface area contributed by atoms with Gasteiger partial charge in [0.2, 0.25) is 0 Å². The Morgan fingerprint density at radius 2 is 2.12 bits per heavy atom. The van der Waals surface area contributed by atoms with Crippen molar-refractivity contribution in [3.63, 3.8) is 0 Å². The van der Waals surface area contributed by atoms with Crippen LogP contribution in [0.3, 0.4) is 0 Å². The van der Waals surface area contributed by atoms with Crippen molar-refractivity contribution in [1.82, 2.24) is 25.3 Å². The van der Waals surface area contributed by atoms with E-state index in [2.05, 4.69) is 30.6 Å². The van der Waals surface area contributed by atoms with Crippen LogP contribution < -0.4 is 5.32 Å². The van der Waals surface area contributed by atoms with Gasteiger partial charge in [-0.05, 0) is 24.1 Å². The summed E-state index contributed by atoms with van der Waals surface area (Å²) >= 11 is 0. The van der Waals surface area contributed by atoms with Crippen LogP contribution in [0.5, 0.6) is 0 Å². The summed E-state index contributed by atoms with van der Waals surface area (Å²) in [5, 5.41) is 21.9. The maximum atomic E-state index is 12.9. The van der Waals surface area contributed by atoms with Gasteiger partial charge in [-0.2, -0.15) is 4.98 Å². The van der Waals surface area contributed by atoms with Crippen molar-refractivity contribution in [2.24, 2.45) is 0 Å². The Morgan fingerprint density at radius 3 is 2.76 bits per heavy atom. The number of aromatic carboxylic acids is 1. The Morgan fingerprint density at radius 1 is 1.36 bits per heavy atom. The predicted octanol–water partition coefficient (Wildman–Crippen LogP) is 2.18. The third-order valence-electron chi connectivity index (χ3n) is 3.47. The Labute approximate surface area is 141 Å². The van der Waals surface area contributed by atoms with Crippen LogP contribution in [0, 0.1) is 5.82 Å². The first-order valence-electron chi connectivity index (χ1n) is 7.54. The Hall–Kier alpha value is -3.30. The molecule has 3 rings (SSSR count). The SMILES string of the molecule is CC[C@H](Nc1nc(Cc2ccc(F)cc2)no1)c1nc(C(=O)O)n[nH]1. The highest BCUT2D eigenvalue weighted by Crippen LogP contribution is 2.19. The number of nitrogens with zero attached hydrogens (tertiary/aromatic N) is 4. The second kappa shape index (κ2) is 7.07. The fourth-order valence-corrected chi connectivity index (χ4v) is 2.21. The van der Waals surface area contributed by atoms with Gasteiger partial charge in [0.15, 0.2) is 5.82 Å². The van der Waals surface area contributed by atoms with E-state index in [1.807, 2.05) is 6.92 Å². The first-order chi connectivity index (χ1) is 12.0. The number of carbonyl (C=O) groups is 1. The molecule has 2 aromatic heterocycles. The Kier molecular flexibility index (Phi) is 4.68. The van der Waals surface area contributed by atoms with Gasteiger partial charge in [-0.3, -0.25) is 5.10 Å². The number of anilines is 1. The summed E-state index contributed by atoms with van der Waals surface area (Å²) in [6, 6.07) is 5.85. The van der Waals surface area contributed by atoms with Crippen LogP contribution in [-0.2, 0) is 6.42 Å². The molecule has 1 aromatic carbocycles. The van der Waals surface area contributed by atoms with Crippen molar-refractivity contribution in [3.8, 4) is 0 Å². The van der Waals surface area contributed by atoms with E-state index in [9.17, 15) is 9.18 Å². The van der Waals surface area contributed by atoms with Gasteiger partial charge >= 0.3 is 12.0 Å². The molecule has 0 aliphatic carbocycles. The normalized spacial score (nSPS) is 12.1. The lowest BCUT2D eigenvalue weighted by molar-refractivity contribution is 0.0684. The smallest absolute Gasteiger partial charge is 0.375 e. The van der Waals surface area contributed by atoms with Crippen LogP contribution in [0.25, 0.3) is 0 Å². The molecule has 0 saturated heterocycles. The second-order valence-electron chi connectivity index (χ2n) is 5.27. The van der Waals surface area contributed by atoms with E-state index < -0.39 is 5.97 Å². The average molecular weight is 346 g/mol. The zero-order valence-corrected chi connectivity index (χ0v) is 13.2. The van der Waals surface area contributed by atoms with Crippen molar-refractivity contribution in [1.29, 1.82) is 0 Å². The second-order valence-corrected chi connectivity index (χ2v) is 5.27. The van der Waals surface area contributed by atoms with Gasteiger partial charge in [-0.15, -0.1) is 5.10 Å². The van der Waals surface area contributed by atoms with Crippen molar-refractivity contribution >= 4 is 12.0 Å². The minimum Gasteiger partial charge on any atom is -0.475 e. The minimum absolute atomic E-state index is 0.178. The molecule has 0 radical (unpaired) electrons. The number of hydrogen-bond acceptors (Lipinski definition) is 7. The number of aromatic nitrogens is 5. The molecule has 0 bridgehead atoms. The van der Waals surface area contributed by atoms with Crippen molar-refractivity contribution in [2.45, 2.75) is 25.8 Å². The van der Waals surface area contributed by atoms with E-state index in [0.717, 1.165) is 5.56 Å². The number of H-pyrrole nitrogens is 1. The van der Waals surface area contributed by atoms with Crippen LogP contribution in [0.15, 0.2) is 28.8 Å². The number of carboxylic acids is 1. The zero-order chi connectivity index (χ0) is 17.8. The van der Waals surface area contributed by atoms with Gasteiger partial charge in [0, 0.05) is 6.42 Å². The minimum atomic E-state index is -1.21. The Balaban J connectivity index is 1.68. The van der Waals surface area contributed by atoms with E-state index in [0.29, 0.717) is 24.5 Å². The molecular formula is C15H15FN6O3. The molecular weight excluding hydrogens is 331 g/mol. The number of hydrogen-bond donors (Lipinski definition) is 3. The predicted molar refractivity (Wildman–Crippen MR) is 83.5 cm³/mol. The number of halogens is 1. The highest BCUT2D eigenvalue weighted by atomic mass is 19.1.